The molecule has 3 nitrogen and oxygen atoms in total. The monoisotopic (exact) mass is 392 g/mol. The fourth-order valence-corrected chi connectivity index (χ4v) is 3.91. The zero-order valence-corrected chi connectivity index (χ0v) is 14.8. The predicted octanol–water partition coefficient (Wildman–Crippen LogP) is 4.76. The van der Waals surface area contributed by atoms with E-state index in [1.165, 1.54) is 17.4 Å². The van der Waals surface area contributed by atoms with Crippen molar-refractivity contribution in [2.75, 3.05) is 0 Å². The summed E-state index contributed by atoms with van der Waals surface area (Å²) in [5, 5.41) is 0. The summed E-state index contributed by atoms with van der Waals surface area (Å²) in [7, 11) is 0. The predicted molar refractivity (Wildman–Crippen MR) is 94.1 cm³/mol. The fraction of sp³-hybridized carbons (Fsp3) is 0.176. The Morgan fingerprint density at radius 3 is 2.78 bits per heavy atom. The Balaban J connectivity index is 2.19. The number of benzene rings is 2. The molecule has 0 atom stereocenters. The van der Waals surface area contributed by atoms with Crippen LogP contribution in [0.1, 0.15) is 23.7 Å². The topological polar surface area (TPSA) is 34.4 Å². The van der Waals surface area contributed by atoms with Gasteiger partial charge in [0.1, 0.15) is 5.82 Å². The molecule has 3 aromatic rings. The molecular weight excluding hydrogens is 379 g/mol. The molecule has 0 aliphatic rings. The number of carbonyl (C=O) groups is 1. The van der Waals surface area contributed by atoms with Gasteiger partial charge in [0.25, 0.3) is 5.91 Å². The highest BCUT2D eigenvalue weighted by atomic mass is 79.9. The van der Waals surface area contributed by atoms with E-state index < -0.39 is 0 Å². The van der Waals surface area contributed by atoms with Gasteiger partial charge in [-0.15, -0.1) is 0 Å². The number of halogens is 2. The minimum Gasteiger partial charge on any atom is -0.314 e. The lowest BCUT2D eigenvalue weighted by molar-refractivity contribution is 0.0997. The first kappa shape index (κ1) is 16.1. The van der Waals surface area contributed by atoms with E-state index in [-0.39, 0.29) is 11.7 Å². The molecule has 0 unspecified atom stereocenters. The molecule has 23 heavy (non-hydrogen) atoms. The largest absolute Gasteiger partial charge is 0.314 e. The van der Waals surface area contributed by atoms with Crippen LogP contribution in [0.5, 0.6) is 0 Å². The molecule has 6 heteroatoms. The summed E-state index contributed by atoms with van der Waals surface area (Å²) in [5.74, 6) is -0.628. The van der Waals surface area contributed by atoms with Crippen LogP contribution in [0.3, 0.4) is 0 Å². The highest BCUT2D eigenvalue weighted by molar-refractivity contribution is 9.10. The smallest absolute Gasteiger partial charge is 0.280 e. The number of aryl methyl sites for hydroxylation is 1. The second-order valence-electron chi connectivity index (χ2n) is 5.02. The first-order chi connectivity index (χ1) is 11.1. The molecule has 0 aliphatic heterocycles. The highest BCUT2D eigenvalue weighted by Crippen LogP contribution is 2.21. The van der Waals surface area contributed by atoms with Gasteiger partial charge in [0.2, 0.25) is 0 Å². The van der Waals surface area contributed by atoms with Crippen molar-refractivity contribution in [1.29, 1.82) is 0 Å². The average molecular weight is 393 g/mol. The summed E-state index contributed by atoms with van der Waals surface area (Å²) in [6.07, 6.45) is 0.830. The molecule has 0 N–H and O–H groups in total. The number of aromatic nitrogens is 1. The number of fused-ring (bicyclic) bond motifs is 1. The van der Waals surface area contributed by atoms with E-state index in [0.29, 0.717) is 26.9 Å². The first-order valence-corrected chi connectivity index (χ1v) is 8.84. The van der Waals surface area contributed by atoms with E-state index in [2.05, 4.69) is 20.9 Å². The lowest BCUT2D eigenvalue weighted by Crippen LogP contribution is -2.17. The van der Waals surface area contributed by atoms with Crippen molar-refractivity contribution in [2.24, 2.45) is 4.99 Å². The molecule has 118 valence electrons. The minimum absolute atomic E-state index is 0.290. The van der Waals surface area contributed by atoms with Crippen LogP contribution in [0, 0.1) is 5.82 Å². The van der Waals surface area contributed by atoms with Crippen LogP contribution in [0.4, 0.5) is 4.39 Å². The van der Waals surface area contributed by atoms with E-state index >= 15 is 0 Å². The normalized spacial score (nSPS) is 12.0. The Morgan fingerprint density at radius 2 is 2.04 bits per heavy atom. The number of rotatable bonds is 3. The van der Waals surface area contributed by atoms with E-state index in [9.17, 15) is 9.18 Å². The van der Waals surface area contributed by atoms with Crippen molar-refractivity contribution in [1.82, 2.24) is 4.57 Å². The third-order valence-corrected chi connectivity index (χ3v) is 5.14. The lowest BCUT2D eigenvalue weighted by atomic mass is 10.2. The third kappa shape index (κ3) is 3.14. The Hall–Kier alpha value is -1.79. The molecule has 0 aliphatic carbocycles. The Morgan fingerprint density at radius 1 is 1.26 bits per heavy atom. The zero-order valence-electron chi connectivity index (χ0n) is 12.4. The standard InChI is InChI=1S/C17H14BrFN2OS/c1-2-10-21-15-13(19)8-5-9-14(15)23-17(21)20-16(22)11-6-3-4-7-12(11)18/h3-9H,2,10H2,1H3. The molecule has 0 saturated carbocycles. The van der Waals surface area contributed by atoms with Gasteiger partial charge in [0.15, 0.2) is 4.80 Å². The summed E-state index contributed by atoms with van der Waals surface area (Å²) in [5.41, 5.74) is 1.01. The zero-order chi connectivity index (χ0) is 16.4. The highest BCUT2D eigenvalue weighted by Gasteiger charge is 2.13. The number of nitrogens with zero attached hydrogens (tertiary/aromatic N) is 2. The lowest BCUT2D eigenvalue weighted by Gasteiger charge is -2.03. The second-order valence-corrected chi connectivity index (χ2v) is 6.88. The summed E-state index contributed by atoms with van der Waals surface area (Å²) >= 11 is 4.69. The fourth-order valence-electron chi connectivity index (χ4n) is 2.38. The van der Waals surface area contributed by atoms with Crippen LogP contribution in [-0.4, -0.2) is 10.5 Å². The van der Waals surface area contributed by atoms with Crippen molar-refractivity contribution in [3.05, 3.63) is 63.1 Å². The number of amides is 1. The van der Waals surface area contributed by atoms with Crippen molar-refractivity contribution in [3.63, 3.8) is 0 Å². The van der Waals surface area contributed by atoms with Crippen molar-refractivity contribution >= 4 is 43.4 Å². The molecule has 0 bridgehead atoms. The van der Waals surface area contributed by atoms with Crippen LogP contribution >= 0.6 is 27.3 Å². The molecule has 1 amide bonds. The van der Waals surface area contributed by atoms with E-state index in [0.717, 1.165) is 11.1 Å². The number of hydrogen-bond acceptors (Lipinski definition) is 2. The average Bonchev–Trinajstić information content (AvgIpc) is 2.87. The van der Waals surface area contributed by atoms with Crippen LogP contribution in [0.25, 0.3) is 10.2 Å². The summed E-state index contributed by atoms with van der Waals surface area (Å²) in [6.45, 7) is 2.62. The molecule has 0 radical (unpaired) electrons. The first-order valence-electron chi connectivity index (χ1n) is 7.23. The molecule has 0 saturated heterocycles. The third-order valence-electron chi connectivity index (χ3n) is 3.40. The van der Waals surface area contributed by atoms with E-state index in [1.807, 2.05) is 19.1 Å². The Labute approximate surface area is 145 Å². The van der Waals surface area contributed by atoms with Crippen LogP contribution in [-0.2, 0) is 6.54 Å². The summed E-state index contributed by atoms with van der Waals surface area (Å²) in [4.78, 5) is 17.2. The Bertz CT molecular complexity index is 945. The van der Waals surface area contributed by atoms with Gasteiger partial charge < -0.3 is 4.57 Å². The van der Waals surface area contributed by atoms with Crippen LogP contribution in [0.15, 0.2) is 51.9 Å². The molecule has 0 fully saturated rings. The van der Waals surface area contributed by atoms with Gasteiger partial charge in [-0.1, -0.05) is 36.5 Å². The van der Waals surface area contributed by atoms with Gasteiger partial charge in [-0.05, 0) is 46.6 Å². The quantitative estimate of drug-likeness (QED) is 0.632. The van der Waals surface area contributed by atoms with Gasteiger partial charge in [0, 0.05) is 11.0 Å². The number of carbonyl (C=O) groups excluding carboxylic acids is 1. The molecule has 1 aromatic heterocycles. The maximum atomic E-state index is 14.2. The SMILES string of the molecule is CCCn1c(=NC(=O)c2ccccc2Br)sc2cccc(F)c21. The summed E-state index contributed by atoms with van der Waals surface area (Å²) < 4.78 is 17.4. The van der Waals surface area contributed by atoms with Gasteiger partial charge in [0.05, 0.1) is 15.8 Å². The van der Waals surface area contributed by atoms with Gasteiger partial charge in [-0.2, -0.15) is 4.99 Å². The van der Waals surface area contributed by atoms with Crippen LogP contribution < -0.4 is 4.80 Å². The van der Waals surface area contributed by atoms with Crippen molar-refractivity contribution in [3.8, 4) is 0 Å². The maximum absolute atomic E-state index is 14.2. The number of para-hydroxylation sites is 1. The van der Waals surface area contributed by atoms with Crippen molar-refractivity contribution in [2.45, 2.75) is 19.9 Å². The van der Waals surface area contributed by atoms with Crippen LogP contribution in [0.2, 0.25) is 0 Å². The van der Waals surface area contributed by atoms with Gasteiger partial charge in [-0.25, -0.2) is 4.39 Å². The van der Waals surface area contributed by atoms with Gasteiger partial charge >= 0.3 is 0 Å². The Kier molecular flexibility index (Phi) is 4.73. The van der Waals surface area contributed by atoms with Crippen molar-refractivity contribution < 1.29 is 9.18 Å². The molecule has 1 heterocycles. The minimum atomic E-state index is -0.339. The second kappa shape index (κ2) is 6.76. The number of hydrogen-bond donors (Lipinski definition) is 0. The molecule has 0 spiro atoms. The number of thiazole rings is 1. The summed E-state index contributed by atoms with van der Waals surface area (Å²) in [6, 6.07) is 12.1. The van der Waals surface area contributed by atoms with Gasteiger partial charge in [-0.3, -0.25) is 4.79 Å². The molecular formula is C17H14BrFN2OS. The molecule has 3 rings (SSSR count). The molecule has 2 aromatic carbocycles. The van der Waals surface area contributed by atoms with E-state index in [1.54, 1.807) is 28.8 Å². The maximum Gasteiger partial charge on any atom is 0.280 e. The van der Waals surface area contributed by atoms with E-state index in [4.69, 9.17) is 0 Å².